The Morgan fingerprint density at radius 1 is 0.923 bits per heavy atom. The molecule has 0 radical (unpaired) electrons. The summed E-state index contributed by atoms with van der Waals surface area (Å²) in [6.07, 6.45) is -4.19. The van der Waals surface area contributed by atoms with Crippen LogP contribution >= 0.6 is 0 Å². The summed E-state index contributed by atoms with van der Waals surface area (Å²) in [5, 5.41) is 7.49. The molecule has 0 saturated heterocycles. The summed E-state index contributed by atoms with van der Waals surface area (Å²) in [4.78, 5) is 8.86. The van der Waals surface area contributed by atoms with Crippen molar-refractivity contribution in [2.45, 2.75) is 18.7 Å². The topological polar surface area (TPSA) is 60.5 Å². The summed E-state index contributed by atoms with van der Waals surface area (Å²) >= 11 is 0. The number of hydrogen-bond acceptors (Lipinski definition) is 5. The Labute approximate surface area is 146 Å². The molecule has 1 aliphatic heterocycles. The minimum Gasteiger partial charge on any atom is -0.387 e. The van der Waals surface area contributed by atoms with Crippen LogP contribution in [0.15, 0.2) is 64.3 Å². The highest BCUT2D eigenvalue weighted by Gasteiger charge is 2.38. The maximum absolute atomic E-state index is 12.5. The lowest BCUT2D eigenvalue weighted by Gasteiger charge is -2.07. The zero-order valence-electron chi connectivity index (χ0n) is 13.3. The van der Waals surface area contributed by atoms with E-state index in [0.29, 0.717) is 12.0 Å². The largest absolute Gasteiger partial charge is 0.471 e. The number of alkyl halides is 3. The second kappa shape index (κ2) is 6.29. The molecule has 5 nitrogen and oxygen atoms in total. The molecule has 1 aliphatic rings. The second-order valence-electron chi connectivity index (χ2n) is 5.75. The maximum atomic E-state index is 12.5. The Morgan fingerprint density at radius 3 is 2.27 bits per heavy atom. The van der Waals surface area contributed by atoms with E-state index in [-0.39, 0.29) is 11.9 Å². The van der Waals surface area contributed by atoms with Crippen LogP contribution < -0.4 is 0 Å². The van der Waals surface area contributed by atoms with Crippen molar-refractivity contribution in [3.8, 4) is 11.4 Å². The fourth-order valence-electron chi connectivity index (χ4n) is 2.66. The molecule has 1 atom stereocenters. The van der Waals surface area contributed by atoms with Crippen molar-refractivity contribution in [1.29, 1.82) is 0 Å². The van der Waals surface area contributed by atoms with E-state index in [1.807, 2.05) is 30.3 Å². The quantitative estimate of drug-likeness (QED) is 0.685. The van der Waals surface area contributed by atoms with Gasteiger partial charge in [-0.05, 0) is 11.1 Å². The van der Waals surface area contributed by atoms with Crippen LogP contribution in [-0.2, 0) is 11.0 Å². The predicted octanol–water partition coefficient (Wildman–Crippen LogP) is 4.62. The average Bonchev–Trinajstić information content (AvgIpc) is 3.32. The van der Waals surface area contributed by atoms with Gasteiger partial charge >= 0.3 is 12.1 Å². The van der Waals surface area contributed by atoms with E-state index >= 15 is 0 Å². The van der Waals surface area contributed by atoms with E-state index < -0.39 is 12.1 Å². The van der Waals surface area contributed by atoms with Gasteiger partial charge in [-0.2, -0.15) is 18.2 Å². The van der Waals surface area contributed by atoms with E-state index in [1.54, 1.807) is 24.3 Å². The Morgan fingerprint density at radius 2 is 1.62 bits per heavy atom. The summed E-state index contributed by atoms with van der Waals surface area (Å²) < 4.78 is 41.9. The SMILES string of the molecule is FC(F)(F)c1nc(-c2ccc(C3=NOC(c4ccccc4)C3)cc2)no1. The smallest absolute Gasteiger partial charge is 0.387 e. The van der Waals surface area contributed by atoms with Crippen LogP contribution in [0.25, 0.3) is 11.4 Å². The fraction of sp³-hybridized carbons (Fsp3) is 0.167. The molecule has 2 heterocycles. The van der Waals surface area contributed by atoms with Gasteiger partial charge in [0, 0.05) is 12.0 Å². The summed E-state index contributed by atoms with van der Waals surface area (Å²) in [6.45, 7) is 0. The van der Waals surface area contributed by atoms with Gasteiger partial charge in [0.2, 0.25) is 5.82 Å². The summed E-state index contributed by atoms with van der Waals surface area (Å²) in [6, 6.07) is 16.5. The Balaban J connectivity index is 1.49. The molecule has 0 N–H and O–H groups in total. The van der Waals surface area contributed by atoms with Crippen LogP contribution in [0.1, 0.15) is 29.5 Å². The highest BCUT2D eigenvalue weighted by atomic mass is 19.4. The molecular formula is C18H12F3N3O2. The van der Waals surface area contributed by atoms with E-state index in [0.717, 1.165) is 16.8 Å². The van der Waals surface area contributed by atoms with Gasteiger partial charge in [-0.25, -0.2) is 0 Å². The van der Waals surface area contributed by atoms with Gasteiger partial charge in [0.15, 0.2) is 6.10 Å². The van der Waals surface area contributed by atoms with Crippen molar-refractivity contribution < 1.29 is 22.5 Å². The molecule has 132 valence electrons. The molecule has 0 amide bonds. The molecule has 0 aliphatic carbocycles. The zero-order chi connectivity index (χ0) is 18.1. The number of benzene rings is 2. The molecule has 0 spiro atoms. The van der Waals surface area contributed by atoms with Crippen LogP contribution in [0.3, 0.4) is 0 Å². The normalized spacial score (nSPS) is 17.0. The van der Waals surface area contributed by atoms with Gasteiger partial charge in [-0.15, -0.1) is 0 Å². The van der Waals surface area contributed by atoms with Gasteiger partial charge in [0.05, 0.1) is 5.71 Å². The van der Waals surface area contributed by atoms with E-state index in [1.165, 1.54) is 0 Å². The molecule has 0 saturated carbocycles. The number of nitrogens with zero attached hydrogens (tertiary/aromatic N) is 3. The highest BCUT2D eigenvalue weighted by Crippen LogP contribution is 2.31. The minimum atomic E-state index is -4.66. The number of rotatable bonds is 3. The van der Waals surface area contributed by atoms with E-state index in [9.17, 15) is 13.2 Å². The van der Waals surface area contributed by atoms with Crippen LogP contribution in [0.4, 0.5) is 13.2 Å². The summed E-state index contributed by atoms with van der Waals surface area (Å²) in [5.41, 5.74) is 3.06. The van der Waals surface area contributed by atoms with Gasteiger partial charge in [-0.1, -0.05) is 64.9 Å². The molecule has 0 bridgehead atoms. The third-order valence-corrected chi connectivity index (χ3v) is 3.99. The first-order valence-corrected chi connectivity index (χ1v) is 7.80. The van der Waals surface area contributed by atoms with Crippen molar-refractivity contribution in [1.82, 2.24) is 10.1 Å². The van der Waals surface area contributed by atoms with E-state index in [2.05, 4.69) is 19.8 Å². The van der Waals surface area contributed by atoms with Gasteiger partial charge in [0.1, 0.15) is 0 Å². The van der Waals surface area contributed by atoms with Crippen LogP contribution in [-0.4, -0.2) is 15.9 Å². The molecule has 0 fully saturated rings. The Bertz CT molecular complexity index is 934. The lowest BCUT2D eigenvalue weighted by Crippen LogP contribution is -2.04. The molecule has 3 aromatic rings. The van der Waals surface area contributed by atoms with Crippen molar-refractivity contribution in [2.75, 3.05) is 0 Å². The second-order valence-corrected chi connectivity index (χ2v) is 5.75. The first-order chi connectivity index (χ1) is 12.5. The van der Waals surface area contributed by atoms with Crippen LogP contribution in [0.2, 0.25) is 0 Å². The van der Waals surface area contributed by atoms with Gasteiger partial charge < -0.3 is 9.36 Å². The third-order valence-electron chi connectivity index (χ3n) is 3.99. The fourth-order valence-corrected chi connectivity index (χ4v) is 2.66. The third kappa shape index (κ3) is 3.17. The molecule has 4 rings (SSSR count). The number of oxime groups is 1. The Kier molecular flexibility index (Phi) is 3.95. The first kappa shape index (κ1) is 16.3. The van der Waals surface area contributed by atoms with Crippen LogP contribution in [0, 0.1) is 0 Å². The molecule has 1 aromatic heterocycles. The molecule has 2 aromatic carbocycles. The summed E-state index contributed by atoms with van der Waals surface area (Å²) in [5.74, 6) is -1.48. The lowest BCUT2D eigenvalue weighted by atomic mass is 9.99. The molecule has 1 unspecified atom stereocenters. The van der Waals surface area contributed by atoms with Crippen molar-refractivity contribution in [2.24, 2.45) is 5.16 Å². The first-order valence-electron chi connectivity index (χ1n) is 7.80. The van der Waals surface area contributed by atoms with Crippen molar-refractivity contribution in [3.63, 3.8) is 0 Å². The lowest BCUT2D eigenvalue weighted by molar-refractivity contribution is -0.159. The maximum Gasteiger partial charge on any atom is 0.471 e. The highest BCUT2D eigenvalue weighted by molar-refractivity contribution is 6.01. The van der Waals surface area contributed by atoms with Crippen molar-refractivity contribution in [3.05, 3.63) is 71.6 Å². The molecule has 8 heteroatoms. The van der Waals surface area contributed by atoms with E-state index in [4.69, 9.17) is 4.84 Å². The number of halogens is 3. The van der Waals surface area contributed by atoms with Crippen molar-refractivity contribution >= 4 is 5.71 Å². The number of aromatic nitrogens is 2. The number of hydrogen-bond donors (Lipinski definition) is 0. The monoisotopic (exact) mass is 359 g/mol. The standard InChI is InChI=1S/C18H12F3N3O2/c19-18(20,21)17-22-16(24-26-17)13-8-6-11(7-9-13)14-10-15(25-23-14)12-4-2-1-3-5-12/h1-9,15H,10H2. The zero-order valence-corrected chi connectivity index (χ0v) is 13.3. The molecular weight excluding hydrogens is 347 g/mol. The van der Waals surface area contributed by atoms with Gasteiger partial charge in [-0.3, -0.25) is 0 Å². The molecule has 26 heavy (non-hydrogen) atoms. The van der Waals surface area contributed by atoms with Gasteiger partial charge in [0.25, 0.3) is 0 Å². The predicted molar refractivity (Wildman–Crippen MR) is 86.2 cm³/mol. The Hall–Kier alpha value is -3.16. The van der Waals surface area contributed by atoms with Crippen LogP contribution in [0.5, 0.6) is 0 Å². The average molecular weight is 359 g/mol. The minimum absolute atomic E-state index is 0.115. The summed E-state index contributed by atoms with van der Waals surface area (Å²) in [7, 11) is 0.